The van der Waals surface area contributed by atoms with Crippen LogP contribution in [0.15, 0.2) is 53.6 Å². The van der Waals surface area contributed by atoms with Crippen molar-refractivity contribution >= 4 is 17.7 Å². The lowest BCUT2D eigenvalue weighted by atomic mass is 9.62. The largest absolute Gasteiger partial charge is 0.466 e. The second-order valence-electron chi connectivity index (χ2n) is 10.3. The van der Waals surface area contributed by atoms with Gasteiger partial charge in [0.15, 0.2) is 12.1 Å². The second-order valence-corrected chi connectivity index (χ2v) is 10.3. The number of carbonyl (C=O) groups excluding carboxylic acids is 3. The summed E-state index contributed by atoms with van der Waals surface area (Å²) in [7, 11) is 2.26. The summed E-state index contributed by atoms with van der Waals surface area (Å²) in [4.78, 5) is 40.7. The first-order chi connectivity index (χ1) is 15.3. The Morgan fingerprint density at radius 2 is 1.39 bits per heavy atom. The van der Waals surface area contributed by atoms with E-state index in [0.29, 0.717) is 11.1 Å². The Kier molecular flexibility index (Phi) is 6.19. The first-order valence-corrected chi connectivity index (χ1v) is 10.8. The molecule has 7 heteroatoms. The molecule has 1 aromatic rings. The van der Waals surface area contributed by atoms with Gasteiger partial charge in [0.2, 0.25) is 5.60 Å². The molecule has 7 nitrogen and oxygen atoms in total. The predicted octanol–water partition coefficient (Wildman–Crippen LogP) is 4.08. The number of benzene rings is 1. The van der Waals surface area contributed by atoms with Crippen LogP contribution in [-0.4, -0.2) is 43.1 Å². The molecule has 1 aliphatic heterocycles. The van der Waals surface area contributed by atoms with E-state index >= 15 is 0 Å². The van der Waals surface area contributed by atoms with Gasteiger partial charge in [-0.25, -0.2) is 9.59 Å². The van der Waals surface area contributed by atoms with Crippen molar-refractivity contribution in [2.45, 2.75) is 59.0 Å². The molecule has 0 bridgehead atoms. The van der Waals surface area contributed by atoms with Crippen LogP contribution in [0.25, 0.3) is 0 Å². The highest BCUT2D eigenvalue weighted by molar-refractivity contribution is 6.17. The average molecular weight is 457 g/mol. The van der Waals surface area contributed by atoms with Gasteiger partial charge in [-0.05, 0) is 28.1 Å². The van der Waals surface area contributed by atoms with Gasteiger partial charge in [-0.15, -0.1) is 0 Å². The van der Waals surface area contributed by atoms with E-state index in [-0.39, 0.29) is 5.41 Å². The molecule has 2 atom stereocenters. The molecule has 1 spiro atoms. The van der Waals surface area contributed by atoms with Crippen molar-refractivity contribution in [3.05, 3.63) is 59.2 Å². The highest BCUT2D eigenvalue weighted by Crippen LogP contribution is 2.57. The lowest BCUT2D eigenvalue weighted by Crippen LogP contribution is -2.69. The van der Waals surface area contributed by atoms with E-state index < -0.39 is 40.6 Å². The summed E-state index contributed by atoms with van der Waals surface area (Å²) in [5.74, 6) is -2.71. The van der Waals surface area contributed by atoms with Gasteiger partial charge in [0, 0.05) is 5.56 Å². The van der Waals surface area contributed by atoms with Gasteiger partial charge in [-0.1, -0.05) is 78.0 Å². The van der Waals surface area contributed by atoms with E-state index in [1.165, 1.54) is 6.08 Å². The van der Waals surface area contributed by atoms with Crippen LogP contribution in [0.5, 0.6) is 0 Å². The van der Waals surface area contributed by atoms with Gasteiger partial charge in [-0.2, -0.15) is 0 Å². The number of hydrogen-bond acceptors (Lipinski definition) is 7. The minimum absolute atomic E-state index is 0.370. The molecule has 1 heterocycles. The van der Waals surface area contributed by atoms with Gasteiger partial charge in [0.1, 0.15) is 0 Å². The molecule has 3 rings (SSSR count). The average Bonchev–Trinajstić information content (AvgIpc) is 3.11. The molecule has 1 fully saturated rings. The molecule has 33 heavy (non-hydrogen) atoms. The SMILES string of the molecule is COC(=O)C1(C(=O)OC)O[C@H](c2ccccc2)O[C@@]12C(=O)C=C(C(C)(C)C)C=C2C(C)(C)C. The minimum Gasteiger partial charge on any atom is -0.466 e. The van der Waals surface area contributed by atoms with E-state index in [1.807, 2.05) is 53.7 Å². The van der Waals surface area contributed by atoms with Crippen molar-refractivity contribution in [3.63, 3.8) is 0 Å². The Bertz CT molecular complexity index is 1000. The highest BCUT2D eigenvalue weighted by atomic mass is 16.8. The lowest BCUT2D eigenvalue weighted by Gasteiger charge is -2.45. The number of carbonyl (C=O) groups is 3. The van der Waals surface area contributed by atoms with Crippen molar-refractivity contribution in [1.29, 1.82) is 0 Å². The Morgan fingerprint density at radius 1 is 0.848 bits per heavy atom. The fourth-order valence-electron chi connectivity index (χ4n) is 4.35. The van der Waals surface area contributed by atoms with Gasteiger partial charge in [-0.3, -0.25) is 4.79 Å². The number of rotatable bonds is 3. The quantitative estimate of drug-likeness (QED) is 0.500. The topological polar surface area (TPSA) is 88.1 Å². The summed E-state index contributed by atoms with van der Waals surface area (Å²) < 4.78 is 22.5. The van der Waals surface area contributed by atoms with Crippen LogP contribution >= 0.6 is 0 Å². The Labute approximate surface area is 194 Å². The van der Waals surface area contributed by atoms with Gasteiger partial charge in [0.25, 0.3) is 0 Å². The molecule has 1 aliphatic carbocycles. The van der Waals surface area contributed by atoms with Gasteiger partial charge < -0.3 is 18.9 Å². The molecular weight excluding hydrogens is 424 g/mol. The molecule has 0 unspecified atom stereocenters. The highest BCUT2D eigenvalue weighted by Gasteiger charge is 2.78. The van der Waals surface area contributed by atoms with Crippen molar-refractivity contribution in [2.75, 3.05) is 14.2 Å². The number of allylic oxidation sites excluding steroid dienone is 2. The van der Waals surface area contributed by atoms with Crippen molar-refractivity contribution in [2.24, 2.45) is 10.8 Å². The Hall–Kier alpha value is -2.77. The summed E-state index contributed by atoms with van der Waals surface area (Å²) >= 11 is 0. The number of methoxy groups -OCH3 is 2. The van der Waals surface area contributed by atoms with Crippen LogP contribution < -0.4 is 0 Å². The Morgan fingerprint density at radius 3 is 1.85 bits per heavy atom. The van der Waals surface area contributed by atoms with Crippen LogP contribution in [0.4, 0.5) is 0 Å². The Balaban J connectivity index is 2.40. The molecule has 0 saturated carbocycles. The summed E-state index contributed by atoms with van der Waals surface area (Å²) in [6.07, 6.45) is 2.06. The summed E-state index contributed by atoms with van der Waals surface area (Å²) in [5, 5.41) is 0. The van der Waals surface area contributed by atoms with Crippen LogP contribution in [0, 0.1) is 10.8 Å². The molecular formula is C26H32O7. The monoisotopic (exact) mass is 456 g/mol. The van der Waals surface area contributed by atoms with E-state index in [2.05, 4.69) is 0 Å². The normalized spacial score (nSPS) is 24.8. The first kappa shape index (κ1) is 24.9. The van der Waals surface area contributed by atoms with E-state index in [9.17, 15) is 14.4 Å². The zero-order chi connectivity index (χ0) is 24.8. The van der Waals surface area contributed by atoms with Crippen molar-refractivity contribution in [1.82, 2.24) is 0 Å². The third-order valence-corrected chi connectivity index (χ3v) is 6.07. The minimum atomic E-state index is -2.49. The van der Waals surface area contributed by atoms with E-state index in [4.69, 9.17) is 18.9 Å². The molecule has 1 aromatic carbocycles. The molecule has 178 valence electrons. The van der Waals surface area contributed by atoms with Gasteiger partial charge >= 0.3 is 17.5 Å². The standard InChI is InChI=1S/C26H32O7/c1-23(2,3)17-14-18(24(4,5)6)25(19(27)15-17)26(21(28)30-7,22(29)31-8)33-20(32-25)16-12-10-9-11-13-16/h9-15,20H,1-8H3/t20-,25+/m1/s1. The summed E-state index contributed by atoms with van der Waals surface area (Å²) in [6.45, 7) is 11.6. The number of esters is 2. The third-order valence-electron chi connectivity index (χ3n) is 6.07. The van der Waals surface area contributed by atoms with E-state index in [1.54, 1.807) is 24.3 Å². The fraction of sp³-hybridized carbons (Fsp3) is 0.500. The smallest absolute Gasteiger partial charge is 0.354 e. The van der Waals surface area contributed by atoms with Crippen molar-refractivity contribution < 1.29 is 33.3 Å². The second kappa shape index (κ2) is 8.22. The third kappa shape index (κ3) is 3.73. The molecule has 0 aromatic heterocycles. The fourth-order valence-corrected chi connectivity index (χ4v) is 4.35. The van der Waals surface area contributed by atoms with E-state index in [0.717, 1.165) is 19.8 Å². The molecule has 0 radical (unpaired) electrons. The van der Waals surface area contributed by atoms with Crippen LogP contribution in [0.1, 0.15) is 53.4 Å². The zero-order valence-electron chi connectivity index (χ0n) is 20.5. The summed E-state index contributed by atoms with van der Waals surface area (Å²) in [5.41, 5.74) is -3.94. The number of ether oxygens (including phenoxy) is 4. The molecule has 0 amide bonds. The maximum atomic E-state index is 14.0. The maximum absolute atomic E-state index is 14.0. The van der Waals surface area contributed by atoms with Crippen molar-refractivity contribution in [3.8, 4) is 0 Å². The zero-order valence-corrected chi connectivity index (χ0v) is 20.5. The predicted molar refractivity (Wildman–Crippen MR) is 121 cm³/mol. The van der Waals surface area contributed by atoms with Gasteiger partial charge in [0.05, 0.1) is 14.2 Å². The number of ketones is 1. The lowest BCUT2D eigenvalue weighted by molar-refractivity contribution is -0.191. The molecule has 2 aliphatic rings. The number of hydrogen-bond donors (Lipinski definition) is 0. The molecule has 1 saturated heterocycles. The van der Waals surface area contributed by atoms with Crippen LogP contribution in [0.3, 0.4) is 0 Å². The van der Waals surface area contributed by atoms with Crippen LogP contribution in [0.2, 0.25) is 0 Å². The summed E-state index contributed by atoms with van der Waals surface area (Å²) in [6, 6.07) is 8.81. The molecule has 0 N–H and O–H groups in total. The maximum Gasteiger partial charge on any atom is 0.354 e. The van der Waals surface area contributed by atoms with Crippen LogP contribution in [-0.2, 0) is 33.3 Å². The first-order valence-electron chi connectivity index (χ1n) is 10.8.